The molecule has 1 unspecified atom stereocenters. The monoisotopic (exact) mass is 278 g/mol. The van der Waals surface area contributed by atoms with Crippen molar-refractivity contribution in [2.24, 2.45) is 5.41 Å². The van der Waals surface area contributed by atoms with Gasteiger partial charge in [0.25, 0.3) is 5.60 Å². The second kappa shape index (κ2) is 4.13. The molecule has 1 aliphatic carbocycles. The Morgan fingerprint density at radius 3 is 2.20 bits per heavy atom. The van der Waals surface area contributed by atoms with Gasteiger partial charge >= 0.3 is 5.97 Å². The van der Waals surface area contributed by atoms with E-state index in [0.717, 1.165) is 19.3 Å². The lowest BCUT2D eigenvalue weighted by atomic mass is 9.69. The van der Waals surface area contributed by atoms with Crippen LogP contribution in [-0.4, -0.2) is 36.0 Å². The van der Waals surface area contributed by atoms with Crippen molar-refractivity contribution < 1.29 is 28.7 Å². The van der Waals surface area contributed by atoms with Crippen LogP contribution in [0.5, 0.6) is 0 Å². The summed E-state index contributed by atoms with van der Waals surface area (Å²) in [6.45, 7) is 4.21. The van der Waals surface area contributed by atoms with Gasteiger partial charge in [-0.15, -0.1) is 0 Å². The van der Waals surface area contributed by atoms with Gasteiger partial charge in [-0.2, -0.15) is 0 Å². The van der Waals surface area contributed by atoms with E-state index in [4.69, 9.17) is 4.74 Å². The summed E-state index contributed by atoms with van der Waals surface area (Å²) in [5.74, 6) is -2.79. The van der Waals surface area contributed by atoms with E-state index in [2.05, 4.69) is 4.74 Å². The first-order valence-electron chi connectivity index (χ1n) is 6.00. The van der Waals surface area contributed by atoms with Crippen LogP contribution in [0.1, 0.15) is 20.8 Å². The van der Waals surface area contributed by atoms with Crippen molar-refractivity contribution in [1.29, 1.82) is 0 Å². The molecule has 20 heavy (non-hydrogen) atoms. The minimum atomic E-state index is -1.93. The van der Waals surface area contributed by atoms with E-state index in [-0.39, 0.29) is 11.3 Å². The van der Waals surface area contributed by atoms with Gasteiger partial charge in [0.05, 0.1) is 18.1 Å². The van der Waals surface area contributed by atoms with Crippen molar-refractivity contribution in [2.75, 3.05) is 7.11 Å². The molecule has 0 amide bonds. The summed E-state index contributed by atoms with van der Waals surface area (Å²) in [5, 5.41) is 0. The highest BCUT2D eigenvalue weighted by molar-refractivity contribution is 6.25. The number of ketones is 3. The normalized spacial score (nSPS) is 28.1. The fraction of sp³-hybridized carbons (Fsp3) is 0.429. The summed E-state index contributed by atoms with van der Waals surface area (Å²) in [6.07, 6.45) is 2.16. The topological polar surface area (TPSA) is 86.7 Å². The molecule has 0 spiro atoms. The first-order chi connectivity index (χ1) is 9.16. The molecular formula is C14H14O6. The molecule has 0 aromatic heterocycles. The predicted molar refractivity (Wildman–Crippen MR) is 66.5 cm³/mol. The highest BCUT2D eigenvalue weighted by Gasteiger charge is 2.59. The Labute approximate surface area is 115 Å². The van der Waals surface area contributed by atoms with Crippen molar-refractivity contribution in [1.82, 2.24) is 0 Å². The van der Waals surface area contributed by atoms with Crippen molar-refractivity contribution in [3.05, 3.63) is 23.5 Å². The lowest BCUT2D eigenvalue weighted by Crippen LogP contribution is -2.57. The summed E-state index contributed by atoms with van der Waals surface area (Å²) < 4.78 is 9.87. The van der Waals surface area contributed by atoms with Crippen LogP contribution in [0.25, 0.3) is 0 Å². The summed E-state index contributed by atoms with van der Waals surface area (Å²) in [5.41, 5.74) is -3.26. The average Bonchev–Trinajstić information content (AvgIpc) is 2.39. The van der Waals surface area contributed by atoms with Crippen LogP contribution < -0.4 is 0 Å². The van der Waals surface area contributed by atoms with E-state index in [1.165, 1.54) is 20.8 Å². The Kier molecular flexibility index (Phi) is 2.92. The van der Waals surface area contributed by atoms with E-state index < -0.39 is 34.3 Å². The van der Waals surface area contributed by atoms with Gasteiger partial charge in [0.1, 0.15) is 0 Å². The molecule has 1 aliphatic heterocycles. The fourth-order valence-corrected chi connectivity index (χ4v) is 2.53. The number of ether oxygens (including phenoxy) is 2. The average molecular weight is 278 g/mol. The molecule has 0 radical (unpaired) electrons. The molecule has 0 saturated heterocycles. The van der Waals surface area contributed by atoms with E-state index in [1.807, 2.05) is 0 Å². The number of rotatable bonds is 1. The highest BCUT2D eigenvalue weighted by atomic mass is 16.6. The van der Waals surface area contributed by atoms with Crippen LogP contribution in [0.3, 0.4) is 0 Å². The van der Waals surface area contributed by atoms with Gasteiger partial charge in [0.2, 0.25) is 5.78 Å². The molecule has 0 saturated carbocycles. The zero-order valence-corrected chi connectivity index (χ0v) is 11.6. The number of carbonyl (C=O) groups excluding carboxylic acids is 4. The summed E-state index contributed by atoms with van der Waals surface area (Å²) >= 11 is 0. The maximum atomic E-state index is 12.5. The third-order valence-electron chi connectivity index (χ3n) is 3.59. The van der Waals surface area contributed by atoms with E-state index >= 15 is 0 Å². The Balaban J connectivity index is 2.68. The van der Waals surface area contributed by atoms with Crippen LogP contribution in [0.4, 0.5) is 0 Å². The van der Waals surface area contributed by atoms with Crippen molar-refractivity contribution in [2.45, 2.75) is 26.4 Å². The van der Waals surface area contributed by atoms with E-state index in [9.17, 15) is 19.2 Å². The lowest BCUT2D eigenvalue weighted by Gasteiger charge is -2.41. The van der Waals surface area contributed by atoms with Gasteiger partial charge in [0, 0.05) is 0 Å². The van der Waals surface area contributed by atoms with E-state index in [1.54, 1.807) is 0 Å². The molecule has 6 nitrogen and oxygen atoms in total. The maximum absolute atomic E-state index is 12.5. The molecule has 2 aliphatic rings. The Hall–Kier alpha value is -2.24. The minimum absolute atomic E-state index is 0.0172. The Bertz CT molecular complexity index is 607. The van der Waals surface area contributed by atoms with Crippen molar-refractivity contribution in [3.8, 4) is 0 Å². The SMILES string of the molecule is COC(=O)C1(C)OC2=C(C(=O)C=CC2=O)C(C)(C)C1=O. The minimum Gasteiger partial charge on any atom is -0.466 e. The number of allylic oxidation sites excluding steroid dienone is 3. The van der Waals surface area contributed by atoms with Crippen molar-refractivity contribution in [3.63, 3.8) is 0 Å². The quantitative estimate of drug-likeness (QED) is 0.394. The van der Waals surface area contributed by atoms with Gasteiger partial charge in [-0.3, -0.25) is 14.4 Å². The number of carbonyl (C=O) groups is 4. The molecule has 2 rings (SSSR count). The van der Waals surface area contributed by atoms with Crippen LogP contribution in [0.2, 0.25) is 0 Å². The third kappa shape index (κ3) is 1.64. The predicted octanol–water partition coefficient (Wildman–Crippen LogP) is 0.506. The first kappa shape index (κ1) is 14.2. The largest absolute Gasteiger partial charge is 0.466 e. The van der Waals surface area contributed by atoms with Gasteiger partial charge in [-0.1, -0.05) is 0 Å². The molecule has 0 N–H and O–H groups in total. The van der Waals surface area contributed by atoms with Crippen LogP contribution in [0.15, 0.2) is 23.5 Å². The van der Waals surface area contributed by atoms with Gasteiger partial charge in [-0.05, 0) is 32.9 Å². The van der Waals surface area contributed by atoms with Crippen LogP contribution in [-0.2, 0) is 28.7 Å². The molecule has 1 heterocycles. The molecule has 0 aromatic rings. The zero-order valence-electron chi connectivity index (χ0n) is 11.6. The standard InChI is InChI=1S/C14H14O6/c1-13(2)9-7(15)5-6-8(16)10(9)20-14(3,11(13)17)12(18)19-4/h5-6H,1-4H3. The number of methoxy groups -OCH3 is 1. The van der Waals surface area contributed by atoms with Gasteiger partial charge < -0.3 is 9.47 Å². The summed E-state index contributed by atoms with van der Waals surface area (Å²) in [4.78, 5) is 48.2. The number of Topliss-reactive ketones (excluding diaryl/α,β-unsaturated/α-hetero) is 1. The summed E-state index contributed by atoms with van der Waals surface area (Å²) in [6, 6.07) is 0. The number of hydrogen-bond donors (Lipinski definition) is 0. The molecular weight excluding hydrogens is 264 g/mol. The number of hydrogen-bond acceptors (Lipinski definition) is 6. The molecule has 1 atom stereocenters. The maximum Gasteiger partial charge on any atom is 0.357 e. The Morgan fingerprint density at radius 1 is 1.10 bits per heavy atom. The van der Waals surface area contributed by atoms with Crippen LogP contribution >= 0.6 is 0 Å². The second-order valence-corrected chi connectivity index (χ2v) is 5.35. The Morgan fingerprint density at radius 2 is 1.65 bits per heavy atom. The summed E-state index contributed by atoms with van der Waals surface area (Å²) in [7, 11) is 1.12. The molecule has 0 aromatic carbocycles. The van der Waals surface area contributed by atoms with Crippen molar-refractivity contribution >= 4 is 23.3 Å². The molecule has 0 bridgehead atoms. The lowest BCUT2D eigenvalue weighted by molar-refractivity contribution is -0.175. The molecule has 0 fully saturated rings. The van der Waals surface area contributed by atoms with Gasteiger partial charge in [0.15, 0.2) is 17.3 Å². The molecule has 6 heteroatoms. The highest BCUT2D eigenvalue weighted by Crippen LogP contribution is 2.43. The zero-order chi connectivity index (χ0) is 15.3. The van der Waals surface area contributed by atoms with Crippen LogP contribution in [0, 0.1) is 5.41 Å². The third-order valence-corrected chi connectivity index (χ3v) is 3.59. The molecule has 106 valence electrons. The number of esters is 1. The first-order valence-corrected chi connectivity index (χ1v) is 6.00. The van der Waals surface area contributed by atoms with Gasteiger partial charge in [-0.25, -0.2) is 4.79 Å². The smallest absolute Gasteiger partial charge is 0.357 e. The van der Waals surface area contributed by atoms with E-state index in [0.29, 0.717) is 0 Å². The second-order valence-electron chi connectivity index (χ2n) is 5.35. The fourth-order valence-electron chi connectivity index (χ4n) is 2.53.